The van der Waals surface area contributed by atoms with Crippen molar-refractivity contribution in [1.29, 1.82) is 0 Å². The van der Waals surface area contributed by atoms with E-state index in [1.807, 2.05) is 6.92 Å². The predicted octanol–water partition coefficient (Wildman–Crippen LogP) is 1.23. The molecule has 0 fully saturated rings. The normalized spacial score (nSPS) is 13.6. The van der Waals surface area contributed by atoms with Gasteiger partial charge >= 0.3 is 0 Å². The fourth-order valence-electron chi connectivity index (χ4n) is 1.67. The Morgan fingerprint density at radius 1 is 1.22 bits per heavy atom. The lowest BCUT2D eigenvalue weighted by molar-refractivity contribution is 0.482. The monoisotopic (exact) mass is 272 g/mol. The van der Waals surface area contributed by atoms with Crippen molar-refractivity contribution in [2.24, 2.45) is 5.92 Å². The van der Waals surface area contributed by atoms with Crippen molar-refractivity contribution in [3.63, 3.8) is 0 Å². The Bertz CT molecular complexity index is 470. The summed E-state index contributed by atoms with van der Waals surface area (Å²) in [5.41, 5.74) is 0. The number of aromatic nitrogens is 2. The minimum absolute atomic E-state index is 0.0807. The zero-order chi connectivity index (χ0) is 13.8. The molecule has 7 heteroatoms. The fraction of sp³-hybridized carbons (Fsp3) is 0.636. The lowest BCUT2D eigenvalue weighted by Crippen LogP contribution is -2.33. The van der Waals surface area contributed by atoms with E-state index < -0.39 is 10.0 Å². The number of sulfonamides is 1. The molecule has 0 spiro atoms. The molecule has 0 aliphatic carbocycles. The summed E-state index contributed by atoms with van der Waals surface area (Å²) in [5, 5.41) is 2.74. The first-order valence-corrected chi connectivity index (χ1v) is 7.35. The molecule has 1 unspecified atom stereocenters. The maximum Gasteiger partial charge on any atom is 0.243 e. The highest BCUT2D eigenvalue weighted by atomic mass is 32.2. The molecule has 0 saturated carbocycles. The predicted molar refractivity (Wildman–Crippen MR) is 70.8 cm³/mol. The van der Waals surface area contributed by atoms with Crippen LogP contribution in [0, 0.1) is 5.92 Å². The van der Waals surface area contributed by atoms with E-state index in [2.05, 4.69) is 33.9 Å². The number of hydrogen-bond donors (Lipinski definition) is 2. The molecular formula is C11H20N4O2S. The van der Waals surface area contributed by atoms with E-state index in [0.717, 1.165) is 6.42 Å². The molecule has 1 aromatic rings. The van der Waals surface area contributed by atoms with Crippen molar-refractivity contribution in [1.82, 2.24) is 14.7 Å². The molecule has 0 amide bonds. The molecule has 2 N–H and O–H groups in total. The summed E-state index contributed by atoms with van der Waals surface area (Å²) in [5.74, 6) is 0.829. The zero-order valence-electron chi connectivity index (χ0n) is 11.1. The van der Waals surface area contributed by atoms with Gasteiger partial charge in [-0.2, -0.15) is 0 Å². The summed E-state index contributed by atoms with van der Waals surface area (Å²) in [6.45, 7) is 5.95. The number of anilines is 1. The lowest BCUT2D eigenvalue weighted by atomic mass is 10.1. The van der Waals surface area contributed by atoms with Gasteiger partial charge in [0, 0.05) is 13.1 Å². The van der Waals surface area contributed by atoms with Crippen LogP contribution in [0.5, 0.6) is 0 Å². The summed E-state index contributed by atoms with van der Waals surface area (Å²) >= 11 is 0. The van der Waals surface area contributed by atoms with E-state index in [9.17, 15) is 8.42 Å². The third-order valence-corrected chi connectivity index (χ3v) is 3.89. The van der Waals surface area contributed by atoms with Crippen molar-refractivity contribution in [2.75, 3.05) is 12.4 Å². The van der Waals surface area contributed by atoms with Gasteiger partial charge in [-0.3, -0.25) is 0 Å². The summed E-state index contributed by atoms with van der Waals surface area (Å²) in [6, 6.07) is -0.112. The van der Waals surface area contributed by atoms with Crippen LogP contribution < -0.4 is 10.0 Å². The largest absolute Gasteiger partial charge is 0.357 e. The van der Waals surface area contributed by atoms with E-state index in [1.54, 1.807) is 7.05 Å². The van der Waals surface area contributed by atoms with Crippen LogP contribution in [-0.4, -0.2) is 31.5 Å². The first-order chi connectivity index (χ1) is 8.35. The fourth-order valence-corrected chi connectivity index (χ4v) is 2.82. The summed E-state index contributed by atoms with van der Waals surface area (Å²) < 4.78 is 26.6. The molecule has 0 aliphatic heterocycles. The molecule has 1 heterocycles. The van der Waals surface area contributed by atoms with Crippen LogP contribution in [0.4, 0.5) is 5.95 Å². The van der Waals surface area contributed by atoms with E-state index in [4.69, 9.17) is 0 Å². The first kappa shape index (κ1) is 14.8. The average molecular weight is 272 g/mol. The van der Waals surface area contributed by atoms with Gasteiger partial charge in [0.2, 0.25) is 16.0 Å². The van der Waals surface area contributed by atoms with Gasteiger partial charge in [-0.25, -0.2) is 23.1 Å². The molecule has 0 bridgehead atoms. The Kier molecular flexibility index (Phi) is 5.03. The third-order valence-electron chi connectivity index (χ3n) is 2.34. The van der Waals surface area contributed by atoms with Crippen molar-refractivity contribution < 1.29 is 8.42 Å². The van der Waals surface area contributed by atoms with Crippen LogP contribution >= 0.6 is 0 Å². The zero-order valence-corrected chi connectivity index (χ0v) is 12.0. The highest BCUT2D eigenvalue weighted by Gasteiger charge is 2.18. The highest BCUT2D eigenvalue weighted by molar-refractivity contribution is 7.89. The Labute approximate surface area is 108 Å². The van der Waals surface area contributed by atoms with Gasteiger partial charge in [-0.15, -0.1) is 0 Å². The van der Waals surface area contributed by atoms with Crippen molar-refractivity contribution in [3.05, 3.63) is 12.4 Å². The topological polar surface area (TPSA) is 84.0 Å². The van der Waals surface area contributed by atoms with Crippen LogP contribution in [0.25, 0.3) is 0 Å². The maximum atomic E-state index is 12.0. The Morgan fingerprint density at radius 3 is 2.22 bits per heavy atom. The number of nitrogens with zero attached hydrogens (tertiary/aromatic N) is 2. The van der Waals surface area contributed by atoms with Crippen LogP contribution in [0.1, 0.15) is 27.2 Å². The standard InChI is InChI=1S/C11H20N4O2S/c1-8(2)5-9(3)15-18(16,17)10-6-13-11(12-4)14-7-10/h6-9,15H,5H2,1-4H3,(H,12,13,14). The summed E-state index contributed by atoms with van der Waals surface area (Å²) in [4.78, 5) is 7.86. The molecule has 6 nitrogen and oxygen atoms in total. The smallest absolute Gasteiger partial charge is 0.243 e. The van der Waals surface area contributed by atoms with Gasteiger partial charge in [0.1, 0.15) is 4.90 Å². The minimum Gasteiger partial charge on any atom is -0.357 e. The highest BCUT2D eigenvalue weighted by Crippen LogP contribution is 2.11. The first-order valence-electron chi connectivity index (χ1n) is 5.87. The Morgan fingerprint density at radius 2 is 1.78 bits per heavy atom. The summed E-state index contributed by atoms with van der Waals surface area (Å²) in [7, 11) is -1.86. The Balaban J connectivity index is 2.79. The maximum absolute atomic E-state index is 12.0. The third kappa shape index (κ3) is 4.23. The van der Waals surface area contributed by atoms with Crippen LogP contribution in [0.15, 0.2) is 17.3 Å². The Hall–Kier alpha value is -1.21. The molecular weight excluding hydrogens is 252 g/mol. The second-order valence-corrected chi connectivity index (χ2v) is 6.36. The van der Waals surface area contributed by atoms with Crippen molar-refractivity contribution in [2.45, 2.75) is 38.1 Å². The van der Waals surface area contributed by atoms with Crippen LogP contribution in [0.2, 0.25) is 0 Å². The molecule has 1 rings (SSSR count). The van der Waals surface area contributed by atoms with Gasteiger partial charge in [-0.05, 0) is 19.3 Å². The second kappa shape index (κ2) is 6.10. The molecule has 18 heavy (non-hydrogen) atoms. The average Bonchev–Trinajstić information content (AvgIpc) is 2.27. The molecule has 0 saturated heterocycles. The molecule has 0 aromatic carbocycles. The molecule has 102 valence electrons. The molecule has 1 aromatic heterocycles. The number of rotatable bonds is 6. The number of nitrogens with one attached hydrogen (secondary N) is 2. The summed E-state index contributed by atoms with van der Waals surface area (Å²) in [6.07, 6.45) is 3.38. The minimum atomic E-state index is -3.53. The van der Waals surface area contributed by atoms with Gasteiger partial charge in [0.15, 0.2) is 0 Å². The molecule has 1 atom stereocenters. The van der Waals surface area contributed by atoms with E-state index in [0.29, 0.717) is 11.9 Å². The van der Waals surface area contributed by atoms with Gasteiger partial charge in [0.05, 0.1) is 12.4 Å². The van der Waals surface area contributed by atoms with Crippen molar-refractivity contribution >= 4 is 16.0 Å². The van der Waals surface area contributed by atoms with Gasteiger partial charge in [0.25, 0.3) is 0 Å². The quantitative estimate of drug-likeness (QED) is 0.813. The SMILES string of the molecule is CNc1ncc(S(=O)(=O)NC(C)CC(C)C)cn1. The van der Waals surface area contributed by atoms with Crippen molar-refractivity contribution in [3.8, 4) is 0 Å². The number of hydrogen-bond acceptors (Lipinski definition) is 5. The van der Waals surface area contributed by atoms with Gasteiger partial charge < -0.3 is 5.32 Å². The van der Waals surface area contributed by atoms with E-state index in [-0.39, 0.29) is 10.9 Å². The van der Waals surface area contributed by atoms with Gasteiger partial charge in [-0.1, -0.05) is 13.8 Å². The molecule has 0 aliphatic rings. The van der Waals surface area contributed by atoms with Crippen LogP contribution in [-0.2, 0) is 10.0 Å². The van der Waals surface area contributed by atoms with E-state index >= 15 is 0 Å². The second-order valence-electron chi connectivity index (χ2n) is 4.64. The van der Waals surface area contributed by atoms with E-state index in [1.165, 1.54) is 12.4 Å². The lowest BCUT2D eigenvalue weighted by Gasteiger charge is -2.15. The van der Waals surface area contributed by atoms with Crippen LogP contribution in [0.3, 0.4) is 0 Å². The molecule has 0 radical (unpaired) electrons.